The molecule has 0 atom stereocenters. The minimum atomic E-state index is -3.16. The Balaban J connectivity index is 0.000000111. The molecule has 20 aromatic carbocycles. The molecule has 0 aliphatic carbocycles. The van der Waals surface area contributed by atoms with Crippen molar-refractivity contribution in [1.29, 1.82) is 0 Å². The molecule has 28 rings (SSSR count). The van der Waals surface area contributed by atoms with Gasteiger partial charge in [0.1, 0.15) is 0 Å². The number of nitrogens with zero attached hydrogens (tertiary/aromatic N) is 11. The van der Waals surface area contributed by atoms with Crippen molar-refractivity contribution in [1.82, 2.24) is 53.6 Å². The third kappa shape index (κ3) is 15.5. The summed E-state index contributed by atoms with van der Waals surface area (Å²) < 4.78 is 22.4. The van der Waals surface area contributed by atoms with Crippen molar-refractivity contribution in [3.63, 3.8) is 0 Å². The third-order valence-electron chi connectivity index (χ3n) is 27.6. The first kappa shape index (κ1) is 86.2. The summed E-state index contributed by atoms with van der Waals surface area (Å²) in [6.07, 6.45) is 0. The molecule has 0 aliphatic heterocycles. The van der Waals surface area contributed by atoms with Gasteiger partial charge < -0.3 is 18.3 Å². The van der Waals surface area contributed by atoms with Crippen molar-refractivity contribution >= 4 is 143 Å². The minimum absolute atomic E-state index is 0.623. The lowest BCUT2D eigenvalue weighted by molar-refractivity contribution is 0.592. The molecule has 8 heterocycles. The van der Waals surface area contributed by atoms with Crippen LogP contribution in [0.25, 0.3) is 239 Å². The Labute approximate surface area is 835 Å². The van der Waals surface area contributed by atoms with E-state index in [1.165, 1.54) is 16.2 Å². The highest BCUT2D eigenvalue weighted by molar-refractivity contribution is 7.85. The zero-order chi connectivity index (χ0) is 96.3. The van der Waals surface area contributed by atoms with Gasteiger partial charge in [0, 0.05) is 142 Å². The van der Waals surface area contributed by atoms with Gasteiger partial charge in [0.25, 0.3) is 0 Å². The van der Waals surface area contributed by atoms with Crippen molar-refractivity contribution in [2.24, 2.45) is 0 Å². The second kappa shape index (κ2) is 36.9. The predicted molar refractivity (Wildman–Crippen MR) is 601 cm³/mol. The highest BCUT2D eigenvalue weighted by Crippen LogP contribution is 2.50. The summed E-state index contributed by atoms with van der Waals surface area (Å²) in [5.41, 5.74) is 26.5. The summed E-state index contributed by atoms with van der Waals surface area (Å²) in [4.78, 5) is 41.2. The Morgan fingerprint density at radius 2 is 0.462 bits per heavy atom. The van der Waals surface area contributed by atoms with Crippen LogP contribution in [0, 0.1) is 0 Å². The van der Waals surface area contributed by atoms with Gasteiger partial charge in [0.15, 0.2) is 30.4 Å². The average Bonchev–Trinajstić information content (AvgIpc) is 1.57. The Morgan fingerprint density at radius 1 is 0.179 bits per heavy atom. The van der Waals surface area contributed by atoms with Crippen LogP contribution in [0.15, 0.2) is 522 Å². The molecule has 12 nitrogen and oxygen atoms in total. The number of hydrogen-bond acceptors (Lipinski definition) is 9. The van der Waals surface area contributed by atoms with E-state index in [4.69, 9.17) is 39.9 Å². The summed E-state index contributed by atoms with van der Waals surface area (Å²) in [6, 6.07) is 180. The van der Waals surface area contributed by atoms with Crippen LogP contribution in [-0.4, -0.2) is 53.6 Å². The van der Waals surface area contributed by atoms with Gasteiger partial charge in [-0.25, -0.2) is 39.9 Å². The van der Waals surface area contributed by atoms with Crippen molar-refractivity contribution in [3.8, 4) is 119 Å². The predicted octanol–water partition coefficient (Wildman–Crippen LogP) is 31.9. The van der Waals surface area contributed by atoms with Gasteiger partial charge >= 0.3 is 0 Å². The smallest absolute Gasteiger partial charge is 0.171 e. The van der Waals surface area contributed by atoms with Gasteiger partial charge in [-0.05, 0) is 83.6 Å². The molecule has 0 amide bonds. The molecule has 0 N–H and O–H groups in total. The molecular weight excluding hydrogens is 1790 g/mol. The summed E-state index contributed by atoms with van der Waals surface area (Å²) in [5, 5.41) is 17.2. The van der Waals surface area contributed by atoms with E-state index in [1.807, 2.05) is 182 Å². The molecule has 0 unspecified atom stereocenters. The normalized spacial score (nSPS) is 11.6. The van der Waals surface area contributed by atoms with E-state index in [9.17, 15) is 0 Å². The third-order valence-corrected chi connectivity index (χ3v) is 30.7. The average molecular weight is 1870 g/mol. The maximum Gasteiger partial charge on any atom is 0.171 e. The fourth-order valence-corrected chi connectivity index (χ4v) is 23.6. The second-order valence-corrected chi connectivity index (χ2v) is 39.0. The van der Waals surface area contributed by atoms with E-state index >= 15 is 4.57 Å². The summed E-state index contributed by atoms with van der Waals surface area (Å²) in [6.45, 7) is 0. The molecule has 13 heteroatoms. The van der Waals surface area contributed by atoms with E-state index in [0.717, 1.165) is 215 Å². The second-order valence-electron chi connectivity index (χ2n) is 36.2. The fraction of sp³-hybridized carbons (Fsp3) is 0. The van der Waals surface area contributed by atoms with Crippen molar-refractivity contribution in [2.75, 3.05) is 0 Å². The molecule has 0 saturated heterocycles. The van der Waals surface area contributed by atoms with Gasteiger partial charge in [0.05, 0.1) is 78.1 Å². The van der Waals surface area contributed by atoms with Gasteiger partial charge in [-0.15, -0.1) is 0 Å². The topological polar surface area (TPSA) is 135 Å². The molecule has 28 aromatic rings. The lowest BCUT2D eigenvalue weighted by atomic mass is 9.98. The van der Waals surface area contributed by atoms with E-state index in [2.05, 4.69) is 353 Å². The minimum Gasteiger partial charge on any atom is -0.309 e. The first-order valence-corrected chi connectivity index (χ1v) is 50.4. The number of benzene rings is 20. The summed E-state index contributed by atoms with van der Waals surface area (Å²) >= 11 is 0. The molecule has 0 bridgehead atoms. The maximum absolute atomic E-state index is 15.3. The molecular formula is C132H86N11OP. The number of aromatic nitrogens is 11. The van der Waals surface area contributed by atoms with E-state index in [0.29, 0.717) is 23.3 Å². The Hall–Kier alpha value is -19.1. The molecule has 0 spiro atoms. The zero-order valence-electron chi connectivity index (χ0n) is 78.4. The Kier molecular flexibility index (Phi) is 21.9. The van der Waals surface area contributed by atoms with Crippen molar-refractivity contribution < 1.29 is 4.57 Å². The number of hydrogen-bond donors (Lipinski definition) is 0. The Bertz CT molecular complexity index is 9310. The number of fused-ring (bicyclic) bond motifs is 19. The quantitative estimate of drug-likeness (QED) is 0.0726. The highest BCUT2D eigenvalue weighted by atomic mass is 31.2. The SMILES string of the molecule is O=P(c1ccccc1)(c1ccccc1)c1cccc(-c2nc3ccccc3c3c2c2ccccc2n3-c2ccccc2)c1.c1ccc(-c2cc(-c3ccc(-c4nc5c6ccccc6ccc5c5c4c4ccccc4n5-c4ccccc4)cc3)nc(-c3ccccc3)n2)cc1.c1ccc(-c2nc(-c3ccccc3)nc(-c3ccc(-c4nc5c6ccccc6ccc5c5c4c4ccccc4n5-c4ccccc4)cc3)n2)cc1. The lowest BCUT2D eigenvalue weighted by Crippen LogP contribution is -2.25. The van der Waals surface area contributed by atoms with Gasteiger partial charge in [-0.2, -0.15) is 0 Å². The summed E-state index contributed by atoms with van der Waals surface area (Å²) in [5.74, 6) is 2.61. The molecule has 0 radical (unpaired) electrons. The highest BCUT2D eigenvalue weighted by Gasteiger charge is 2.32. The summed E-state index contributed by atoms with van der Waals surface area (Å²) in [7, 11) is -3.16. The largest absolute Gasteiger partial charge is 0.309 e. The lowest BCUT2D eigenvalue weighted by Gasteiger charge is -2.21. The number of para-hydroxylation sites is 7. The zero-order valence-corrected chi connectivity index (χ0v) is 79.3. The Morgan fingerprint density at radius 3 is 0.869 bits per heavy atom. The fourth-order valence-electron chi connectivity index (χ4n) is 20.9. The van der Waals surface area contributed by atoms with E-state index in [-0.39, 0.29) is 0 Å². The van der Waals surface area contributed by atoms with Crippen LogP contribution in [0.2, 0.25) is 0 Å². The van der Waals surface area contributed by atoms with Crippen LogP contribution >= 0.6 is 7.14 Å². The van der Waals surface area contributed by atoms with E-state index < -0.39 is 7.14 Å². The molecule has 0 aliphatic rings. The van der Waals surface area contributed by atoms with Crippen LogP contribution in [0.1, 0.15) is 0 Å². The molecule has 0 fully saturated rings. The van der Waals surface area contributed by atoms with Crippen LogP contribution in [-0.2, 0) is 4.57 Å². The van der Waals surface area contributed by atoms with Crippen LogP contribution in [0.3, 0.4) is 0 Å². The van der Waals surface area contributed by atoms with E-state index in [1.54, 1.807) is 0 Å². The standard InChI is InChI=1S/C47H30N4.C46H29N5.C39H27N2OP/c1-4-15-32(16-5-1)40-30-41(49-47(48-40)35-17-6-2-7-18-35)33-24-26-34(27-25-33)44-43-38-22-12-13-23-42(38)51(36-19-8-3-9-20-36)46(43)39-29-28-31-14-10-11-21-37(31)45(39)50-44;1-4-15-32(16-5-1)44-48-45(33-17-6-2-7-18-33)50-46(49-44)34-26-24-31(25-27-34)41-40-37-22-12-13-23-39(37)51(35-19-8-3-9-20-35)43(40)38-29-28-30-14-10-11-21-36(30)42(38)47-41;42-43(30-18-6-2-7-19-30,31-20-8-3-9-21-31)32-22-14-15-28(27-32)38-37-34-24-11-13-26-36(34)41(29-16-4-1-5-17-29)39(37)33-23-10-12-25-35(33)40-38/h1-30H;1-29H;1-27H. The molecule has 0 saturated carbocycles. The van der Waals surface area contributed by atoms with Crippen molar-refractivity contribution in [2.45, 2.75) is 0 Å². The maximum atomic E-state index is 15.3. The number of rotatable bonds is 15. The van der Waals surface area contributed by atoms with Crippen LogP contribution in [0.5, 0.6) is 0 Å². The monoisotopic (exact) mass is 1870 g/mol. The molecule has 8 aromatic heterocycles. The molecule has 145 heavy (non-hydrogen) atoms. The van der Waals surface area contributed by atoms with Gasteiger partial charge in [-0.3, -0.25) is 0 Å². The molecule has 680 valence electrons. The van der Waals surface area contributed by atoms with Crippen LogP contribution in [0.4, 0.5) is 0 Å². The van der Waals surface area contributed by atoms with Crippen molar-refractivity contribution in [3.05, 3.63) is 522 Å². The van der Waals surface area contributed by atoms with Crippen LogP contribution < -0.4 is 15.9 Å². The first-order valence-electron chi connectivity index (χ1n) is 48.7. The first-order chi connectivity index (χ1) is 71.8. The number of pyridine rings is 3. The van der Waals surface area contributed by atoms with Gasteiger partial charge in [0.2, 0.25) is 0 Å². The van der Waals surface area contributed by atoms with Gasteiger partial charge in [-0.1, -0.05) is 449 Å².